The van der Waals surface area contributed by atoms with E-state index in [1.807, 2.05) is 0 Å². The monoisotopic (exact) mass is 310 g/mol. The minimum atomic E-state index is -0.475. The molecule has 128 valence electrons. The maximum Gasteiger partial charge on any atom is 0.640 e. The summed E-state index contributed by atoms with van der Waals surface area (Å²) < 4.78 is 18.0. The Hall–Kier alpha value is -0.0551. The molecule has 1 aliphatic carbocycles. The molecule has 1 saturated carbocycles. The van der Waals surface area contributed by atoms with Crippen LogP contribution in [0.15, 0.2) is 0 Å². The Morgan fingerprint density at radius 3 is 1.86 bits per heavy atom. The fourth-order valence-corrected chi connectivity index (χ4v) is 3.75. The van der Waals surface area contributed by atoms with Gasteiger partial charge in [-0.2, -0.15) is 0 Å². The summed E-state index contributed by atoms with van der Waals surface area (Å²) in [5.41, 5.74) is -0.145. The van der Waals surface area contributed by atoms with Gasteiger partial charge in [-0.15, -0.1) is 0 Å². The van der Waals surface area contributed by atoms with Gasteiger partial charge in [0, 0.05) is 12.2 Å². The van der Waals surface area contributed by atoms with Crippen molar-refractivity contribution < 1.29 is 14.0 Å². The Balaban J connectivity index is 1.81. The van der Waals surface area contributed by atoms with E-state index < -0.39 is 7.32 Å². The van der Waals surface area contributed by atoms with Crippen LogP contribution in [0, 0.1) is 0 Å². The standard InChI is InChI=1S/C18H35BO3/c1-16-15-18(2,3)22-19(20-16)21-17-13-11-9-7-5-4-6-8-10-12-14-17/h16-17H,4-15H2,1-3H3/t16-/m1/s1. The summed E-state index contributed by atoms with van der Waals surface area (Å²) in [5, 5.41) is 0. The van der Waals surface area contributed by atoms with Gasteiger partial charge in [-0.05, 0) is 40.0 Å². The SMILES string of the molecule is C[C@@H]1CC(C)(C)OB(OC2CCCCCCCCCCC2)O1. The van der Waals surface area contributed by atoms with Crippen molar-refractivity contribution >= 4 is 7.32 Å². The minimum Gasteiger partial charge on any atom is -0.383 e. The molecule has 0 unspecified atom stereocenters. The van der Waals surface area contributed by atoms with Crippen LogP contribution in [-0.4, -0.2) is 25.1 Å². The van der Waals surface area contributed by atoms with Crippen molar-refractivity contribution in [1.29, 1.82) is 0 Å². The van der Waals surface area contributed by atoms with Gasteiger partial charge in [0.2, 0.25) is 0 Å². The first-order valence-electron chi connectivity index (χ1n) is 9.54. The van der Waals surface area contributed by atoms with Crippen LogP contribution < -0.4 is 0 Å². The van der Waals surface area contributed by atoms with Gasteiger partial charge in [0.1, 0.15) is 0 Å². The maximum absolute atomic E-state index is 6.20. The van der Waals surface area contributed by atoms with Gasteiger partial charge in [0.15, 0.2) is 0 Å². The van der Waals surface area contributed by atoms with Gasteiger partial charge < -0.3 is 14.0 Å². The van der Waals surface area contributed by atoms with Crippen molar-refractivity contribution in [3.05, 3.63) is 0 Å². The normalized spacial score (nSPS) is 29.6. The first-order chi connectivity index (χ1) is 10.6. The van der Waals surface area contributed by atoms with E-state index in [4.69, 9.17) is 14.0 Å². The fourth-order valence-electron chi connectivity index (χ4n) is 3.75. The van der Waals surface area contributed by atoms with Crippen molar-refractivity contribution in [2.24, 2.45) is 0 Å². The first kappa shape index (κ1) is 18.3. The summed E-state index contributed by atoms with van der Waals surface area (Å²) in [6.45, 7) is 6.37. The van der Waals surface area contributed by atoms with Crippen LogP contribution >= 0.6 is 0 Å². The van der Waals surface area contributed by atoms with Gasteiger partial charge in [0.25, 0.3) is 0 Å². The van der Waals surface area contributed by atoms with Gasteiger partial charge in [-0.1, -0.05) is 57.8 Å². The molecule has 1 heterocycles. The van der Waals surface area contributed by atoms with E-state index in [0.717, 1.165) is 19.3 Å². The molecule has 1 aliphatic heterocycles. The fraction of sp³-hybridized carbons (Fsp3) is 1.00. The molecule has 0 N–H and O–H groups in total. The Kier molecular flexibility index (Phi) is 7.72. The summed E-state index contributed by atoms with van der Waals surface area (Å²) in [6.07, 6.45) is 16.0. The number of hydrogen-bond acceptors (Lipinski definition) is 3. The summed E-state index contributed by atoms with van der Waals surface area (Å²) >= 11 is 0. The quantitative estimate of drug-likeness (QED) is 0.651. The van der Waals surface area contributed by atoms with Crippen LogP contribution in [0.25, 0.3) is 0 Å². The second kappa shape index (κ2) is 9.29. The molecule has 1 atom stereocenters. The molecule has 2 aliphatic rings. The topological polar surface area (TPSA) is 27.7 Å². The van der Waals surface area contributed by atoms with Crippen LogP contribution in [0.1, 0.15) is 97.8 Å². The molecule has 0 bridgehead atoms. The molecule has 3 nitrogen and oxygen atoms in total. The molecule has 0 aromatic rings. The van der Waals surface area contributed by atoms with Crippen LogP contribution in [0.4, 0.5) is 0 Å². The van der Waals surface area contributed by atoms with Gasteiger partial charge in [-0.25, -0.2) is 0 Å². The van der Waals surface area contributed by atoms with Crippen LogP contribution in [0.2, 0.25) is 0 Å². The summed E-state index contributed by atoms with van der Waals surface area (Å²) in [6, 6.07) is 0. The van der Waals surface area contributed by atoms with E-state index in [1.165, 1.54) is 57.8 Å². The average Bonchev–Trinajstić information content (AvgIpc) is 2.39. The average molecular weight is 310 g/mol. The molecule has 0 aromatic heterocycles. The molecule has 0 spiro atoms. The zero-order valence-electron chi connectivity index (χ0n) is 14.9. The molecule has 0 amide bonds. The van der Waals surface area contributed by atoms with Crippen LogP contribution in [0.3, 0.4) is 0 Å². The summed E-state index contributed by atoms with van der Waals surface area (Å²) in [7, 11) is -0.475. The molecule has 0 radical (unpaired) electrons. The Morgan fingerprint density at radius 2 is 1.36 bits per heavy atom. The highest BCUT2D eigenvalue weighted by atomic mass is 16.8. The highest BCUT2D eigenvalue weighted by Gasteiger charge is 2.40. The molecular weight excluding hydrogens is 275 g/mol. The van der Waals surface area contributed by atoms with Crippen molar-refractivity contribution in [2.75, 3.05) is 0 Å². The minimum absolute atomic E-state index is 0.145. The van der Waals surface area contributed by atoms with Crippen LogP contribution in [-0.2, 0) is 14.0 Å². The van der Waals surface area contributed by atoms with Crippen molar-refractivity contribution in [3.8, 4) is 0 Å². The second-order valence-electron chi connectivity index (χ2n) is 7.83. The Labute approximate surface area is 137 Å². The molecule has 22 heavy (non-hydrogen) atoms. The lowest BCUT2D eigenvalue weighted by Gasteiger charge is -2.38. The maximum atomic E-state index is 6.20. The van der Waals surface area contributed by atoms with Crippen molar-refractivity contribution in [2.45, 2.75) is 116 Å². The highest BCUT2D eigenvalue weighted by Crippen LogP contribution is 2.28. The lowest BCUT2D eigenvalue weighted by molar-refractivity contribution is -0.0808. The molecule has 0 aromatic carbocycles. The van der Waals surface area contributed by atoms with Gasteiger partial charge in [-0.3, -0.25) is 0 Å². The number of hydrogen-bond donors (Lipinski definition) is 0. The van der Waals surface area contributed by atoms with Crippen LogP contribution in [0.5, 0.6) is 0 Å². The predicted molar refractivity (Wildman–Crippen MR) is 91.7 cm³/mol. The third kappa shape index (κ3) is 7.01. The molecular formula is C18H35BO3. The Morgan fingerprint density at radius 1 is 0.864 bits per heavy atom. The van der Waals surface area contributed by atoms with Gasteiger partial charge >= 0.3 is 7.32 Å². The van der Waals surface area contributed by atoms with E-state index >= 15 is 0 Å². The van der Waals surface area contributed by atoms with E-state index in [9.17, 15) is 0 Å². The zero-order chi connectivity index (χ0) is 15.8. The largest absolute Gasteiger partial charge is 0.640 e. The van der Waals surface area contributed by atoms with E-state index in [0.29, 0.717) is 6.10 Å². The first-order valence-corrected chi connectivity index (χ1v) is 9.54. The van der Waals surface area contributed by atoms with Gasteiger partial charge in [0.05, 0.1) is 5.60 Å². The third-order valence-corrected chi connectivity index (χ3v) is 4.89. The van der Waals surface area contributed by atoms with E-state index in [-0.39, 0.29) is 11.7 Å². The number of rotatable bonds is 2. The summed E-state index contributed by atoms with van der Waals surface area (Å²) in [5.74, 6) is 0. The molecule has 1 saturated heterocycles. The molecule has 4 heteroatoms. The molecule has 2 rings (SSSR count). The van der Waals surface area contributed by atoms with E-state index in [1.54, 1.807) is 0 Å². The van der Waals surface area contributed by atoms with Crippen molar-refractivity contribution in [1.82, 2.24) is 0 Å². The van der Waals surface area contributed by atoms with E-state index in [2.05, 4.69) is 20.8 Å². The lowest BCUT2D eigenvalue weighted by atomic mass is 9.94. The predicted octanol–water partition coefficient (Wildman–Crippen LogP) is 5.27. The second-order valence-corrected chi connectivity index (χ2v) is 7.83. The summed E-state index contributed by atoms with van der Waals surface area (Å²) in [4.78, 5) is 0. The molecule has 2 fully saturated rings. The smallest absolute Gasteiger partial charge is 0.383 e. The third-order valence-electron chi connectivity index (χ3n) is 4.89. The Bertz CT molecular complexity index is 297. The van der Waals surface area contributed by atoms with Crippen molar-refractivity contribution in [3.63, 3.8) is 0 Å². The zero-order valence-corrected chi connectivity index (χ0v) is 14.9. The lowest BCUT2D eigenvalue weighted by Crippen LogP contribution is -2.48. The highest BCUT2D eigenvalue weighted by molar-refractivity contribution is 6.36.